The zero-order valence-corrected chi connectivity index (χ0v) is 11.1. The van der Waals surface area contributed by atoms with Crippen LogP contribution in [0.1, 0.15) is 47.5 Å². The van der Waals surface area contributed by atoms with E-state index in [-0.39, 0.29) is 6.04 Å². The molecule has 1 aliphatic rings. The molecule has 3 atom stereocenters. The van der Waals surface area contributed by atoms with Gasteiger partial charge in [-0.1, -0.05) is 0 Å². The molecule has 98 valence electrons. The summed E-state index contributed by atoms with van der Waals surface area (Å²) in [5.74, 6) is -1.07. The standard InChI is InChI=1S/C12H21NO4/c1-8-6-7-12(5,9(14)15)13(8,10(16)17)11(2,3)4/h8H,6-7H2,1-5H3,(H-,14,15,16,17)/t8-,12+,13?/m0/s1. The predicted octanol–water partition coefficient (Wildman–Crippen LogP) is 0.971. The first kappa shape index (κ1) is 14.0. The number of carbonyl (C=O) groups excluding carboxylic acids is 1. The number of nitrogens with zero attached hydrogens (tertiary/aromatic N) is 1. The number of carboxylic acid groups (broad SMARTS) is 2. The highest BCUT2D eigenvalue weighted by Gasteiger charge is 2.67. The van der Waals surface area contributed by atoms with Crippen LogP contribution in [-0.2, 0) is 4.79 Å². The van der Waals surface area contributed by atoms with Gasteiger partial charge in [-0.25, -0.2) is 4.79 Å². The highest BCUT2D eigenvalue weighted by atomic mass is 16.4. The summed E-state index contributed by atoms with van der Waals surface area (Å²) >= 11 is 0. The predicted molar refractivity (Wildman–Crippen MR) is 60.1 cm³/mol. The monoisotopic (exact) mass is 243 g/mol. The maximum atomic E-state index is 11.7. The van der Waals surface area contributed by atoms with Gasteiger partial charge in [0.05, 0.1) is 11.6 Å². The van der Waals surface area contributed by atoms with Crippen LogP contribution in [0.5, 0.6) is 0 Å². The summed E-state index contributed by atoms with van der Waals surface area (Å²) in [4.78, 5) is 23.2. The van der Waals surface area contributed by atoms with Gasteiger partial charge >= 0.3 is 5.97 Å². The van der Waals surface area contributed by atoms with E-state index in [0.717, 1.165) is 0 Å². The molecule has 5 heteroatoms. The van der Waals surface area contributed by atoms with Gasteiger partial charge in [0, 0.05) is 19.8 Å². The Morgan fingerprint density at radius 2 is 1.88 bits per heavy atom. The maximum Gasteiger partial charge on any atom is 0.365 e. The van der Waals surface area contributed by atoms with E-state index in [9.17, 15) is 19.8 Å². The Kier molecular flexibility index (Phi) is 3.04. The minimum absolute atomic E-state index is 0.263. The molecule has 17 heavy (non-hydrogen) atoms. The average molecular weight is 243 g/mol. The number of amides is 1. The number of hydrogen-bond acceptors (Lipinski definition) is 3. The van der Waals surface area contributed by atoms with Gasteiger partial charge < -0.3 is 15.0 Å². The molecule has 1 fully saturated rings. The number of carboxylic acids is 1. The molecule has 1 amide bonds. The summed E-state index contributed by atoms with van der Waals surface area (Å²) in [6.45, 7) is 8.57. The lowest BCUT2D eigenvalue weighted by molar-refractivity contribution is -0.961. The number of quaternary nitrogens is 1. The third-order valence-corrected chi connectivity index (χ3v) is 4.30. The minimum Gasteiger partial charge on any atom is -0.498 e. The first-order valence-electron chi connectivity index (χ1n) is 5.85. The highest BCUT2D eigenvalue weighted by Crippen LogP contribution is 2.48. The van der Waals surface area contributed by atoms with Crippen LogP contribution >= 0.6 is 0 Å². The highest BCUT2D eigenvalue weighted by molar-refractivity contribution is 5.79. The number of hydrogen-bond donors (Lipinski definition) is 1. The molecule has 1 aliphatic heterocycles. The van der Waals surface area contributed by atoms with Crippen LogP contribution in [0, 0.1) is 0 Å². The molecule has 0 aliphatic carbocycles. The second-order valence-electron chi connectivity index (χ2n) is 6.13. The maximum absolute atomic E-state index is 11.7. The number of likely N-dealkylation sites (tertiary alicyclic amines) is 1. The first-order valence-corrected chi connectivity index (χ1v) is 5.85. The zero-order valence-electron chi connectivity index (χ0n) is 11.1. The molecule has 0 aromatic carbocycles. The Morgan fingerprint density at radius 1 is 1.41 bits per heavy atom. The molecule has 0 radical (unpaired) electrons. The summed E-state index contributed by atoms with van der Waals surface area (Å²) in [7, 11) is 0. The van der Waals surface area contributed by atoms with Gasteiger partial charge in [0.2, 0.25) is 5.54 Å². The minimum atomic E-state index is -1.32. The molecule has 1 N–H and O–H groups in total. The Hall–Kier alpha value is -1.10. The lowest BCUT2D eigenvalue weighted by Gasteiger charge is -2.55. The topological polar surface area (TPSA) is 77.4 Å². The number of rotatable bonds is 1. The molecule has 1 heterocycles. The number of aliphatic carboxylic acids is 1. The van der Waals surface area contributed by atoms with Crippen molar-refractivity contribution in [1.82, 2.24) is 0 Å². The van der Waals surface area contributed by atoms with Crippen molar-refractivity contribution in [2.24, 2.45) is 0 Å². The van der Waals surface area contributed by atoms with Gasteiger partial charge in [-0.05, 0) is 27.7 Å². The fourth-order valence-electron chi connectivity index (χ4n) is 3.66. The molecule has 0 aromatic heterocycles. The van der Waals surface area contributed by atoms with Crippen LogP contribution < -0.4 is 5.11 Å². The van der Waals surface area contributed by atoms with Gasteiger partial charge in [0.1, 0.15) is 0 Å². The van der Waals surface area contributed by atoms with Gasteiger partial charge in [-0.2, -0.15) is 0 Å². The zero-order chi connectivity index (χ0) is 13.6. The van der Waals surface area contributed by atoms with E-state index in [4.69, 9.17) is 0 Å². The third-order valence-electron chi connectivity index (χ3n) is 4.30. The van der Waals surface area contributed by atoms with Crippen molar-refractivity contribution >= 4 is 12.1 Å². The normalized spacial score (nSPS) is 38.1. The molecule has 0 aromatic rings. The van der Waals surface area contributed by atoms with Crippen LogP contribution in [0.25, 0.3) is 0 Å². The van der Waals surface area contributed by atoms with E-state index >= 15 is 0 Å². The number of carbonyl (C=O) groups is 2. The smallest absolute Gasteiger partial charge is 0.365 e. The van der Waals surface area contributed by atoms with Crippen molar-refractivity contribution in [1.29, 1.82) is 0 Å². The van der Waals surface area contributed by atoms with Crippen molar-refractivity contribution in [3.05, 3.63) is 0 Å². The van der Waals surface area contributed by atoms with Crippen LogP contribution in [0.4, 0.5) is 4.79 Å². The van der Waals surface area contributed by atoms with Crippen molar-refractivity contribution in [3.63, 3.8) is 0 Å². The Morgan fingerprint density at radius 3 is 2.12 bits per heavy atom. The van der Waals surface area contributed by atoms with E-state index in [1.807, 2.05) is 0 Å². The molecular weight excluding hydrogens is 222 g/mol. The summed E-state index contributed by atoms with van der Waals surface area (Å²) < 4.78 is -0.519. The fourth-order valence-corrected chi connectivity index (χ4v) is 3.66. The van der Waals surface area contributed by atoms with Crippen molar-refractivity contribution in [3.8, 4) is 0 Å². The van der Waals surface area contributed by atoms with Gasteiger partial charge in [-0.15, -0.1) is 0 Å². The molecule has 1 saturated heterocycles. The molecule has 1 rings (SSSR count). The van der Waals surface area contributed by atoms with E-state index in [2.05, 4.69) is 0 Å². The van der Waals surface area contributed by atoms with Crippen LogP contribution in [0.15, 0.2) is 0 Å². The SMILES string of the molecule is C[C@H]1CC[C@](C)(C(=O)O)[N+]1(C(=O)[O-])C(C)(C)C. The van der Waals surface area contributed by atoms with Crippen molar-refractivity contribution in [2.75, 3.05) is 0 Å². The molecule has 0 spiro atoms. The Labute approximate surface area is 102 Å². The van der Waals surface area contributed by atoms with Gasteiger partial charge in [0.15, 0.2) is 0 Å². The Bertz CT molecular complexity index is 360. The van der Waals surface area contributed by atoms with Crippen molar-refractivity contribution in [2.45, 2.75) is 64.6 Å². The summed E-state index contributed by atoms with van der Waals surface area (Å²) in [6, 6.07) is -0.263. The second-order valence-corrected chi connectivity index (χ2v) is 6.13. The van der Waals surface area contributed by atoms with Gasteiger partial charge in [0.25, 0.3) is 6.09 Å². The van der Waals surface area contributed by atoms with E-state index in [1.54, 1.807) is 27.7 Å². The first-order chi connectivity index (χ1) is 7.51. The summed E-state index contributed by atoms with van der Waals surface area (Å²) in [5.41, 5.74) is -2.04. The van der Waals surface area contributed by atoms with E-state index in [1.165, 1.54) is 6.92 Å². The Balaban J connectivity index is 3.55. The largest absolute Gasteiger partial charge is 0.498 e. The summed E-state index contributed by atoms with van der Waals surface area (Å²) in [5, 5.41) is 21.1. The fraction of sp³-hybridized carbons (Fsp3) is 0.833. The second kappa shape index (κ2) is 3.70. The lowest BCUT2D eigenvalue weighted by Crippen LogP contribution is -2.78. The van der Waals surface area contributed by atoms with E-state index < -0.39 is 27.6 Å². The molecule has 0 saturated carbocycles. The summed E-state index contributed by atoms with van der Waals surface area (Å²) in [6.07, 6.45) is -0.365. The van der Waals surface area contributed by atoms with Crippen LogP contribution in [0.3, 0.4) is 0 Å². The molecule has 0 bridgehead atoms. The lowest BCUT2D eigenvalue weighted by atomic mass is 9.89. The quantitative estimate of drug-likeness (QED) is 0.696. The molecule has 1 unspecified atom stereocenters. The average Bonchev–Trinajstić information content (AvgIpc) is 2.39. The van der Waals surface area contributed by atoms with Crippen LogP contribution in [0.2, 0.25) is 0 Å². The molecular formula is C12H21NO4. The van der Waals surface area contributed by atoms with Gasteiger partial charge in [-0.3, -0.25) is 4.48 Å². The third kappa shape index (κ3) is 1.48. The molecule has 5 nitrogen and oxygen atoms in total. The van der Waals surface area contributed by atoms with Crippen LogP contribution in [-0.4, -0.2) is 38.8 Å². The van der Waals surface area contributed by atoms with E-state index in [0.29, 0.717) is 12.8 Å². The van der Waals surface area contributed by atoms with Crippen molar-refractivity contribution < 1.29 is 24.3 Å².